The van der Waals surface area contributed by atoms with Gasteiger partial charge in [0, 0.05) is 37.3 Å². The fourth-order valence-electron chi connectivity index (χ4n) is 5.30. The molecular formula is C27H36N2O7S. The number of nitrogens with one attached hydrogen (secondary N) is 1. The maximum atomic E-state index is 13.7. The molecule has 2 aromatic rings. The van der Waals surface area contributed by atoms with Crippen LogP contribution in [-0.4, -0.2) is 56.2 Å². The molecule has 1 amide bonds. The Balaban J connectivity index is 1.52. The largest absolute Gasteiger partial charge is 0.508 e. The minimum Gasteiger partial charge on any atom is -0.508 e. The Morgan fingerprint density at radius 2 is 1.92 bits per heavy atom. The van der Waals surface area contributed by atoms with Gasteiger partial charge in [-0.1, -0.05) is 6.07 Å². The quantitative estimate of drug-likeness (QED) is 0.293. The fraction of sp³-hybridized carbons (Fsp3) is 0.519. The summed E-state index contributed by atoms with van der Waals surface area (Å²) < 4.78 is 38.9. The van der Waals surface area contributed by atoms with Gasteiger partial charge < -0.3 is 19.5 Å². The number of fused-ring (bicyclic) bond motifs is 1. The van der Waals surface area contributed by atoms with Crippen molar-refractivity contribution in [2.45, 2.75) is 74.0 Å². The first kappa shape index (κ1) is 27.1. The second-order valence-corrected chi connectivity index (χ2v) is 12.0. The number of hydrogen-bond acceptors (Lipinski definition) is 8. The normalized spacial score (nSPS) is 16.8. The summed E-state index contributed by atoms with van der Waals surface area (Å²) in [5.41, 5.74) is 3.68. The van der Waals surface area contributed by atoms with Crippen LogP contribution in [0.15, 0.2) is 41.3 Å². The van der Waals surface area contributed by atoms with E-state index in [2.05, 4.69) is 4.90 Å². The van der Waals surface area contributed by atoms with Crippen LogP contribution in [0.2, 0.25) is 0 Å². The zero-order valence-corrected chi connectivity index (χ0v) is 22.0. The van der Waals surface area contributed by atoms with Crippen molar-refractivity contribution in [3.63, 3.8) is 0 Å². The first-order chi connectivity index (χ1) is 17.8. The number of carbonyl (C=O) groups is 1. The number of hydrogen-bond donors (Lipinski definition) is 3. The van der Waals surface area contributed by atoms with Gasteiger partial charge in [0.05, 0.1) is 23.4 Å². The molecule has 2 aliphatic rings. The molecule has 9 nitrogen and oxygen atoms in total. The highest BCUT2D eigenvalue weighted by Gasteiger charge is 2.31. The number of benzene rings is 2. The zero-order chi connectivity index (χ0) is 26.4. The summed E-state index contributed by atoms with van der Waals surface area (Å²) in [6.07, 6.45) is 6.29. The number of sulfone groups is 1. The predicted molar refractivity (Wildman–Crippen MR) is 139 cm³/mol. The summed E-state index contributed by atoms with van der Waals surface area (Å²) in [5.74, 6) is 0.284. The molecule has 1 aliphatic heterocycles. The van der Waals surface area contributed by atoms with Gasteiger partial charge >= 0.3 is 0 Å². The second-order valence-electron chi connectivity index (χ2n) is 9.79. The molecule has 0 aromatic heterocycles. The highest BCUT2D eigenvalue weighted by molar-refractivity contribution is 7.92. The summed E-state index contributed by atoms with van der Waals surface area (Å²) in [6.45, 7) is 1.40. The first-order valence-corrected chi connectivity index (χ1v) is 14.4. The smallest absolute Gasteiger partial charge is 0.244 e. The number of hydroxylamine groups is 1. The zero-order valence-electron chi connectivity index (χ0n) is 21.2. The number of rotatable bonds is 11. The van der Waals surface area contributed by atoms with Crippen LogP contribution in [0, 0.1) is 0 Å². The molecule has 1 heterocycles. The minimum absolute atomic E-state index is 0.0228. The van der Waals surface area contributed by atoms with Gasteiger partial charge in [0.1, 0.15) is 5.75 Å². The summed E-state index contributed by atoms with van der Waals surface area (Å²) in [5, 5.41) is 18.0. The molecular weight excluding hydrogens is 496 g/mol. The van der Waals surface area contributed by atoms with Gasteiger partial charge in [-0.05, 0) is 75.1 Å². The lowest BCUT2D eigenvalue weighted by Gasteiger charge is -2.32. The molecule has 10 heteroatoms. The van der Waals surface area contributed by atoms with E-state index < -0.39 is 21.0 Å². The van der Waals surface area contributed by atoms with E-state index in [1.165, 1.54) is 19.2 Å². The van der Waals surface area contributed by atoms with E-state index in [9.17, 15) is 18.3 Å². The number of carbonyl (C=O) groups excluding carboxylic acids is 1. The molecule has 1 unspecified atom stereocenters. The van der Waals surface area contributed by atoms with Gasteiger partial charge in [0.15, 0.2) is 21.3 Å². The highest BCUT2D eigenvalue weighted by Crippen LogP contribution is 2.36. The molecule has 0 spiro atoms. The molecule has 1 saturated carbocycles. The Hall–Kier alpha value is -2.98. The van der Waals surface area contributed by atoms with Crippen molar-refractivity contribution < 1.29 is 33.0 Å². The number of nitrogens with zero attached hydrogens (tertiary/aromatic N) is 1. The van der Waals surface area contributed by atoms with Crippen LogP contribution < -0.4 is 19.9 Å². The van der Waals surface area contributed by atoms with Crippen LogP contribution in [0.4, 0.5) is 5.69 Å². The summed E-state index contributed by atoms with van der Waals surface area (Å²) in [6, 6.07) is 9.88. The van der Waals surface area contributed by atoms with Gasteiger partial charge in [0.2, 0.25) is 5.91 Å². The monoisotopic (exact) mass is 532 g/mol. The van der Waals surface area contributed by atoms with Crippen molar-refractivity contribution in [1.82, 2.24) is 5.48 Å². The molecule has 1 fully saturated rings. The van der Waals surface area contributed by atoms with Crippen molar-refractivity contribution in [2.75, 3.05) is 25.1 Å². The third kappa shape index (κ3) is 6.48. The molecule has 0 bridgehead atoms. The third-order valence-corrected chi connectivity index (χ3v) is 9.46. The lowest BCUT2D eigenvalue weighted by atomic mass is 10.0. The van der Waals surface area contributed by atoms with E-state index in [4.69, 9.17) is 14.7 Å². The fourth-order valence-corrected chi connectivity index (χ4v) is 7.07. The van der Waals surface area contributed by atoms with Gasteiger partial charge in [0.25, 0.3) is 0 Å². The molecule has 202 valence electrons. The predicted octanol–water partition coefficient (Wildman–Crippen LogP) is 3.99. The van der Waals surface area contributed by atoms with Crippen molar-refractivity contribution in [3.05, 3.63) is 42.0 Å². The second kappa shape index (κ2) is 12.0. The Bertz CT molecular complexity index is 1200. The average molecular weight is 533 g/mol. The van der Waals surface area contributed by atoms with Crippen LogP contribution in [0.5, 0.6) is 17.2 Å². The molecule has 37 heavy (non-hydrogen) atoms. The Kier molecular flexibility index (Phi) is 8.81. The van der Waals surface area contributed by atoms with E-state index >= 15 is 0 Å². The lowest BCUT2D eigenvalue weighted by molar-refractivity contribution is -0.129. The van der Waals surface area contributed by atoms with Crippen LogP contribution in [-0.2, 0) is 21.1 Å². The van der Waals surface area contributed by atoms with Crippen LogP contribution >= 0.6 is 0 Å². The number of amides is 1. The first-order valence-electron chi connectivity index (χ1n) is 12.9. The van der Waals surface area contributed by atoms with E-state index in [0.717, 1.165) is 56.3 Å². The van der Waals surface area contributed by atoms with E-state index in [-0.39, 0.29) is 29.6 Å². The SMILES string of the molecule is COc1ccc(S(=O)(=O)C(CCCN2CCCc3ccc(O)cc32)CC(=O)NO)cc1OC1CCCC1. The van der Waals surface area contributed by atoms with Crippen molar-refractivity contribution in [1.29, 1.82) is 0 Å². The molecule has 0 radical (unpaired) electrons. The number of phenolic OH excluding ortho intramolecular Hbond substituents is 1. The summed E-state index contributed by atoms with van der Waals surface area (Å²) in [4.78, 5) is 14.3. The standard InChI is InChI=1S/C27H36N2O7S/c1-35-25-13-12-23(17-26(25)36-21-7-2-3-8-21)37(33,34)22(18-27(31)28-32)9-5-15-29-14-4-6-19-10-11-20(30)16-24(19)29/h10-13,16-17,21-22,30,32H,2-9,14-15,18H2,1H3,(H,28,31). The highest BCUT2D eigenvalue weighted by atomic mass is 32.2. The summed E-state index contributed by atoms with van der Waals surface area (Å²) in [7, 11) is -2.41. The van der Waals surface area contributed by atoms with Gasteiger partial charge in [-0.15, -0.1) is 0 Å². The Morgan fingerprint density at radius 1 is 1.14 bits per heavy atom. The third-order valence-electron chi connectivity index (χ3n) is 7.27. The molecule has 1 aliphatic carbocycles. The van der Waals surface area contributed by atoms with E-state index in [0.29, 0.717) is 24.5 Å². The number of anilines is 1. The number of ether oxygens (including phenoxy) is 2. The Morgan fingerprint density at radius 3 is 2.65 bits per heavy atom. The maximum Gasteiger partial charge on any atom is 0.244 e. The Labute approximate surface area is 218 Å². The van der Waals surface area contributed by atoms with Crippen molar-refractivity contribution in [2.24, 2.45) is 0 Å². The lowest BCUT2D eigenvalue weighted by Crippen LogP contribution is -2.33. The average Bonchev–Trinajstić information content (AvgIpc) is 3.41. The van der Waals surface area contributed by atoms with E-state index in [1.807, 2.05) is 6.07 Å². The van der Waals surface area contributed by atoms with Crippen molar-refractivity contribution in [3.8, 4) is 17.2 Å². The summed E-state index contributed by atoms with van der Waals surface area (Å²) >= 11 is 0. The molecule has 0 saturated heterocycles. The van der Waals surface area contributed by atoms with Crippen LogP contribution in [0.3, 0.4) is 0 Å². The minimum atomic E-state index is -3.92. The molecule has 2 aromatic carbocycles. The topological polar surface area (TPSA) is 125 Å². The number of methoxy groups -OCH3 is 1. The number of aromatic hydroxyl groups is 1. The van der Waals surface area contributed by atoms with Crippen LogP contribution in [0.1, 0.15) is 56.9 Å². The van der Waals surface area contributed by atoms with Crippen molar-refractivity contribution >= 4 is 21.4 Å². The van der Waals surface area contributed by atoms with Gasteiger partial charge in [-0.2, -0.15) is 0 Å². The van der Waals surface area contributed by atoms with E-state index in [1.54, 1.807) is 23.7 Å². The molecule has 1 atom stereocenters. The van der Waals surface area contributed by atoms with Gasteiger partial charge in [-0.3, -0.25) is 10.0 Å². The molecule has 4 rings (SSSR count). The molecule has 3 N–H and O–H groups in total. The maximum absolute atomic E-state index is 13.7. The number of aryl methyl sites for hydroxylation is 1. The number of phenols is 1. The van der Waals surface area contributed by atoms with Crippen LogP contribution in [0.25, 0.3) is 0 Å². The van der Waals surface area contributed by atoms with Gasteiger partial charge in [-0.25, -0.2) is 13.9 Å².